The maximum atomic E-state index is 12.0. The predicted molar refractivity (Wildman–Crippen MR) is 120 cm³/mol. The molecule has 30 heavy (non-hydrogen) atoms. The fourth-order valence-electron chi connectivity index (χ4n) is 2.74. The molecule has 0 spiro atoms. The fourth-order valence-corrected chi connectivity index (χ4v) is 3.39. The first kappa shape index (κ1) is 35.4. The zero-order chi connectivity index (χ0) is 21.3. The van der Waals surface area contributed by atoms with E-state index >= 15 is 0 Å². The van der Waals surface area contributed by atoms with Gasteiger partial charge in [0.05, 0.1) is 19.6 Å². The Hall–Kier alpha value is 0.850. The van der Waals surface area contributed by atoms with Gasteiger partial charge in [-0.1, -0.05) is 78.1 Å². The van der Waals surface area contributed by atoms with Crippen LogP contribution in [0.4, 0.5) is 0 Å². The number of hydrogen-bond acceptors (Lipinski definition) is 6. The Morgan fingerprint density at radius 3 is 1.57 bits per heavy atom. The van der Waals surface area contributed by atoms with Gasteiger partial charge in [-0.05, 0) is 12.8 Å². The Morgan fingerprint density at radius 1 is 0.733 bits per heavy atom. The molecular weight excluding hydrogens is 430 g/mol. The molecule has 0 fully saturated rings. The smallest absolute Gasteiger partial charge is 0.327 e. The number of hydrogen-bond donors (Lipinski definition) is 1. The third-order valence-electron chi connectivity index (χ3n) is 4.48. The van der Waals surface area contributed by atoms with E-state index in [-0.39, 0.29) is 72.3 Å². The Bertz CT molecular complexity index is 527. The van der Waals surface area contributed by atoms with E-state index in [0.29, 0.717) is 12.8 Å². The number of ether oxygens (including phenoxy) is 2. The third kappa shape index (κ3) is 20.7. The van der Waals surface area contributed by atoms with E-state index in [2.05, 4.69) is 13.8 Å². The van der Waals surface area contributed by atoms with Crippen molar-refractivity contribution < 1.29 is 32.0 Å². The molecule has 0 heterocycles. The first-order valence-corrected chi connectivity index (χ1v) is 12.1. The van der Waals surface area contributed by atoms with Crippen molar-refractivity contribution in [3.8, 4) is 0 Å². The second-order valence-electron chi connectivity index (χ2n) is 7.13. The Kier molecular flexibility index (Phi) is 27.2. The number of rotatable bonds is 18. The molecule has 168 valence electrons. The van der Waals surface area contributed by atoms with Gasteiger partial charge in [0.15, 0.2) is 5.25 Å². The van der Waals surface area contributed by atoms with Gasteiger partial charge in [-0.15, -0.1) is 0 Å². The van der Waals surface area contributed by atoms with Crippen LogP contribution >= 0.6 is 0 Å². The molecule has 0 rings (SSSR count). The molecule has 1 atom stereocenters. The minimum atomic E-state index is -4.73. The van der Waals surface area contributed by atoms with Crippen molar-refractivity contribution in [2.24, 2.45) is 0 Å². The van der Waals surface area contributed by atoms with Crippen LogP contribution in [-0.2, 0) is 29.2 Å². The fraction of sp³-hybridized carbons (Fsp3) is 0.900. The van der Waals surface area contributed by atoms with Crippen molar-refractivity contribution in [1.29, 1.82) is 0 Å². The van der Waals surface area contributed by atoms with E-state index in [1.54, 1.807) is 0 Å². The van der Waals surface area contributed by atoms with Gasteiger partial charge in [-0.3, -0.25) is 14.1 Å². The Labute approximate surface area is 227 Å². The topological polar surface area (TPSA) is 107 Å². The number of unbranched alkanes of at least 4 members (excludes halogenated alkanes) is 10. The summed E-state index contributed by atoms with van der Waals surface area (Å²) in [6.07, 6.45) is 11.3. The maximum Gasteiger partial charge on any atom is 0.327 e. The molecule has 2 radical (unpaired) electrons. The van der Waals surface area contributed by atoms with Crippen molar-refractivity contribution in [2.75, 3.05) is 13.2 Å². The molecule has 0 aliphatic carbocycles. The standard InChI is InChI=1S/C20H38O7S.2Na/c1-3-5-7-9-11-13-15-26-19(21)17-18(28(23,24)25)20(22)27-16-14-12-10-8-6-4-2;;/h18H,3-17H2,1-2H3,(H,23,24,25);;. The van der Waals surface area contributed by atoms with Gasteiger partial charge in [-0.25, -0.2) is 0 Å². The summed E-state index contributed by atoms with van der Waals surface area (Å²) in [5.74, 6) is -1.93. The number of carbonyl (C=O) groups is 2. The Balaban J connectivity index is -0.00000364. The van der Waals surface area contributed by atoms with Crippen LogP contribution < -0.4 is 0 Å². The normalized spacial score (nSPS) is 11.7. The molecule has 1 N–H and O–H groups in total. The molecule has 7 nitrogen and oxygen atoms in total. The van der Waals surface area contributed by atoms with Gasteiger partial charge in [0.2, 0.25) is 0 Å². The van der Waals surface area contributed by atoms with Gasteiger partial charge in [0.1, 0.15) is 0 Å². The quantitative estimate of drug-likeness (QED) is 0.142. The minimum Gasteiger partial charge on any atom is -0.466 e. The monoisotopic (exact) mass is 468 g/mol. The number of esters is 2. The summed E-state index contributed by atoms with van der Waals surface area (Å²) in [6, 6.07) is 0. The van der Waals surface area contributed by atoms with Crippen molar-refractivity contribution in [3.63, 3.8) is 0 Å². The van der Waals surface area contributed by atoms with Crippen LogP contribution in [0.3, 0.4) is 0 Å². The van der Waals surface area contributed by atoms with Crippen LogP contribution in [0.1, 0.15) is 97.3 Å². The van der Waals surface area contributed by atoms with Crippen LogP contribution in [0.5, 0.6) is 0 Å². The van der Waals surface area contributed by atoms with Crippen molar-refractivity contribution in [1.82, 2.24) is 0 Å². The summed E-state index contributed by atoms with van der Waals surface area (Å²) < 4.78 is 42.0. The van der Waals surface area contributed by atoms with Crippen molar-refractivity contribution in [2.45, 2.75) is 103 Å². The zero-order valence-electron chi connectivity index (χ0n) is 19.5. The van der Waals surface area contributed by atoms with Crippen LogP contribution in [0.15, 0.2) is 0 Å². The van der Waals surface area contributed by atoms with Crippen LogP contribution in [0, 0.1) is 0 Å². The molecular formula is C20H38Na2O7S. The summed E-state index contributed by atoms with van der Waals surface area (Å²) >= 11 is 0. The van der Waals surface area contributed by atoms with E-state index in [4.69, 9.17) is 9.47 Å². The second kappa shape index (κ2) is 23.0. The van der Waals surface area contributed by atoms with Crippen molar-refractivity contribution >= 4 is 81.2 Å². The van der Waals surface area contributed by atoms with Crippen LogP contribution in [-0.4, -0.2) is 102 Å². The van der Waals surface area contributed by atoms with E-state index in [0.717, 1.165) is 57.8 Å². The van der Waals surface area contributed by atoms with E-state index in [1.807, 2.05) is 0 Å². The average molecular weight is 469 g/mol. The van der Waals surface area contributed by atoms with Gasteiger partial charge in [-0.2, -0.15) is 8.42 Å². The molecule has 0 saturated heterocycles. The summed E-state index contributed by atoms with van der Waals surface area (Å²) in [5.41, 5.74) is 0. The third-order valence-corrected chi connectivity index (χ3v) is 5.56. The molecule has 0 aliphatic rings. The molecule has 0 aromatic rings. The summed E-state index contributed by atoms with van der Waals surface area (Å²) in [6.45, 7) is 4.50. The maximum absolute atomic E-state index is 12.0. The molecule has 0 bridgehead atoms. The first-order chi connectivity index (χ1) is 13.3. The van der Waals surface area contributed by atoms with Gasteiger partial charge in [0, 0.05) is 59.1 Å². The molecule has 1 unspecified atom stereocenters. The second-order valence-corrected chi connectivity index (χ2v) is 8.73. The first-order valence-electron chi connectivity index (χ1n) is 10.6. The average Bonchev–Trinajstić information content (AvgIpc) is 2.63. The number of carbonyl (C=O) groups excluding carboxylic acids is 2. The minimum absolute atomic E-state index is 0. The van der Waals surface area contributed by atoms with Crippen LogP contribution in [0.25, 0.3) is 0 Å². The molecule has 0 aromatic heterocycles. The molecule has 10 heteroatoms. The van der Waals surface area contributed by atoms with Gasteiger partial charge >= 0.3 is 11.9 Å². The largest absolute Gasteiger partial charge is 0.466 e. The molecule has 0 aliphatic heterocycles. The molecule has 0 saturated carbocycles. The molecule has 0 amide bonds. The SMILES string of the molecule is CCCCCCCCOC(=O)CC(C(=O)OCCCCCCCC)S(=O)(=O)O.[Na].[Na]. The zero-order valence-corrected chi connectivity index (χ0v) is 24.3. The van der Waals surface area contributed by atoms with E-state index in [9.17, 15) is 22.6 Å². The van der Waals surface area contributed by atoms with Gasteiger partial charge < -0.3 is 9.47 Å². The van der Waals surface area contributed by atoms with Crippen LogP contribution in [0.2, 0.25) is 0 Å². The van der Waals surface area contributed by atoms with E-state index in [1.165, 1.54) is 6.42 Å². The Morgan fingerprint density at radius 2 is 1.13 bits per heavy atom. The summed E-state index contributed by atoms with van der Waals surface area (Å²) in [5, 5.41) is -1.93. The summed E-state index contributed by atoms with van der Waals surface area (Å²) in [4.78, 5) is 23.8. The van der Waals surface area contributed by atoms with Gasteiger partial charge in [0.25, 0.3) is 10.1 Å². The summed E-state index contributed by atoms with van der Waals surface area (Å²) in [7, 11) is -4.73. The predicted octanol–water partition coefficient (Wildman–Crippen LogP) is 3.68. The molecule has 0 aromatic carbocycles. The van der Waals surface area contributed by atoms with E-state index < -0.39 is 33.7 Å². The van der Waals surface area contributed by atoms with Crippen molar-refractivity contribution in [3.05, 3.63) is 0 Å².